The van der Waals surface area contributed by atoms with Crippen molar-refractivity contribution in [2.45, 2.75) is 0 Å². The van der Waals surface area contributed by atoms with Crippen molar-refractivity contribution in [2.75, 3.05) is 19.6 Å². The molecule has 0 aromatic heterocycles. The summed E-state index contributed by atoms with van der Waals surface area (Å²) in [6.45, 7) is -0.780. The van der Waals surface area contributed by atoms with Crippen LogP contribution >= 0.6 is 0 Å². The third-order valence-corrected chi connectivity index (χ3v) is 2.62. The van der Waals surface area contributed by atoms with Crippen LogP contribution in [0.3, 0.4) is 0 Å². The van der Waals surface area contributed by atoms with Crippen molar-refractivity contribution in [3.05, 3.63) is 0 Å². The van der Waals surface area contributed by atoms with Crippen LogP contribution in [0.2, 0.25) is 0 Å². The van der Waals surface area contributed by atoms with Gasteiger partial charge in [-0.25, -0.2) is 0 Å². The Labute approximate surface area is 96.7 Å². The maximum atomic E-state index is 11.0. The fourth-order valence-electron chi connectivity index (χ4n) is 0.421. The Balaban J connectivity index is 4.31. The molecule has 0 saturated heterocycles. The molecule has 0 aromatic carbocycles. The topological polar surface area (TPSA) is 165 Å². The number of hydrogen-bond acceptors (Lipinski definition) is 6. The molecular weight excluding hydrogens is 263 g/mol. The van der Waals surface area contributed by atoms with Gasteiger partial charge in [0.25, 0.3) is 0 Å². The van der Waals surface area contributed by atoms with Gasteiger partial charge in [0.1, 0.15) is 0 Å². The number of carbonyl (C=O) groups is 3. The van der Waals surface area contributed by atoms with E-state index in [9.17, 15) is 14.4 Å². The zero-order valence-corrected chi connectivity index (χ0v) is 9.38. The van der Waals surface area contributed by atoms with E-state index < -0.39 is 31.8 Å². The molecule has 0 aliphatic heterocycles. The van der Waals surface area contributed by atoms with Crippen LogP contribution in [0.15, 0.2) is 0 Å². The van der Waals surface area contributed by atoms with E-state index in [-0.39, 0.29) is 19.6 Å². The molecule has 0 radical (unpaired) electrons. The van der Waals surface area contributed by atoms with E-state index in [1.807, 2.05) is 0 Å². The summed E-state index contributed by atoms with van der Waals surface area (Å²) in [5.74, 6) is -1.57. The molecule has 0 aliphatic carbocycles. The molecule has 0 atom stereocenters. The number of hydrogen-bond donors (Lipinski definition) is 6. The molecule has 0 fully saturated rings. The summed E-state index contributed by atoms with van der Waals surface area (Å²) in [6, 6.07) is 0. The van der Waals surface area contributed by atoms with Gasteiger partial charge in [0, 0.05) is 0 Å². The zero-order valence-electron chi connectivity index (χ0n) is 8.39. The average molecular weight is 278 g/mol. The van der Waals surface area contributed by atoms with Crippen molar-refractivity contribution >= 4 is 17.7 Å². The first-order chi connectivity index (χ1) is 7.53. The molecule has 0 unspecified atom stereocenters. The van der Waals surface area contributed by atoms with E-state index >= 15 is 0 Å². The first-order valence-electron chi connectivity index (χ1n) is 4.12. The Morgan fingerprint density at radius 1 is 0.750 bits per heavy atom. The van der Waals surface area contributed by atoms with Crippen molar-refractivity contribution in [2.24, 2.45) is 17.2 Å². The van der Waals surface area contributed by atoms with Gasteiger partial charge in [0.2, 0.25) is 0 Å². The second-order valence-corrected chi connectivity index (χ2v) is 3.84. The monoisotopic (exact) mass is 277 g/mol. The summed E-state index contributed by atoms with van der Waals surface area (Å²) in [7, 11) is 0. The summed E-state index contributed by atoms with van der Waals surface area (Å²) in [5.41, 5.74) is 15.2. The van der Waals surface area contributed by atoms with E-state index in [1.54, 1.807) is 0 Å². The minimum absolute atomic E-state index is 0.260. The molecule has 0 bridgehead atoms. The van der Waals surface area contributed by atoms with Crippen molar-refractivity contribution in [3.8, 4) is 0 Å². The van der Waals surface area contributed by atoms with E-state index in [0.717, 1.165) is 0 Å². The second-order valence-electron chi connectivity index (χ2n) is 2.36. The summed E-state index contributed by atoms with van der Waals surface area (Å²) in [5, 5.41) is 0. The summed E-state index contributed by atoms with van der Waals surface area (Å²) < 4.78 is 6.90. The molecule has 16 heavy (non-hydrogen) atoms. The van der Waals surface area contributed by atoms with Gasteiger partial charge in [-0.2, -0.15) is 0 Å². The van der Waals surface area contributed by atoms with Crippen molar-refractivity contribution in [1.29, 1.82) is 0 Å². The van der Waals surface area contributed by atoms with Gasteiger partial charge in [0.05, 0.1) is 0 Å². The molecule has 3 amide bonds. The van der Waals surface area contributed by atoms with Gasteiger partial charge in [-0.3, -0.25) is 0 Å². The number of carbonyl (C=O) groups excluding carboxylic acids is 3. The van der Waals surface area contributed by atoms with Gasteiger partial charge >= 0.3 is 96.2 Å². The first kappa shape index (κ1) is 14.8. The number of nitrogens with one attached hydrogen (secondary N) is 3. The van der Waals surface area contributed by atoms with Crippen LogP contribution in [0, 0.1) is 0 Å². The number of rotatable bonds is 6. The van der Waals surface area contributed by atoms with Crippen LogP contribution in [0.4, 0.5) is 0 Å². The minimum atomic E-state index is -1.50. The van der Waals surface area contributed by atoms with Crippen LogP contribution in [0.25, 0.3) is 0 Å². The van der Waals surface area contributed by atoms with Crippen molar-refractivity contribution in [1.82, 2.24) is 13.2 Å². The SMILES string of the molecule is NCC(=O)[NH][Ni]([NH]C(=O)CN)[NH]C(=O)CN. The average Bonchev–Trinajstić information content (AvgIpc) is 2.28. The standard InChI is InChI=1S/3C2H6N2O.Ni/c3*3-1-2(4)5;/h3*1,3H2,(H2,4,5);/q;;;+3/p-3. The van der Waals surface area contributed by atoms with Crippen LogP contribution in [0.1, 0.15) is 0 Å². The van der Waals surface area contributed by atoms with Gasteiger partial charge in [-0.05, 0) is 0 Å². The predicted molar refractivity (Wildman–Crippen MR) is 51.6 cm³/mol. The van der Waals surface area contributed by atoms with Crippen LogP contribution in [-0.2, 0) is 28.4 Å². The van der Waals surface area contributed by atoms with Gasteiger partial charge in [0.15, 0.2) is 0 Å². The Kier molecular flexibility index (Phi) is 7.39. The van der Waals surface area contributed by atoms with Crippen molar-refractivity contribution in [3.63, 3.8) is 0 Å². The summed E-state index contributed by atoms with van der Waals surface area (Å²) >= 11 is -1.50. The predicted octanol–water partition coefficient (Wildman–Crippen LogP) is -4.43. The molecule has 0 saturated carbocycles. The maximum absolute atomic E-state index is 11.0. The third-order valence-electron chi connectivity index (χ3n) is 1.06. The molecule has 0 aliphatic rings. The van der Waals surface area contributed by atoms with E-state index in [4.69, 9.17) is 17.2 Å². The molecule has 0 heterocycles. The van der Waals surface area contributed by atoms with Crippen LogP contribution < -0.4 is 30.4 Å². The summed E-state index contributed by atoms with van der Waals surface area (Å²) in [6.07, 6.45) is 0. The van der Waals surface area contributed by atoms with E-state index in [1.165, 1.54) is 0 Å². The Morgan fingerprint density at radius 2 is 1.00 bits per heavy atom. The van der Waals surface area contributed by atoms with E-state index in [2.05, 4.69) is 13.2 Å². The van der Waals surface area contributed by atoms with Crippen molar-refractivity contribution < 1.29 is 28.4 Å². The Bertz CT molecular complexity index is 230. The molecule has 0 rings (SSSR count). The first-order valence-corrected chi connectivity index (χ1v) is 5.60. The molecule has 0 spiro atoms. The second kappa shape index (κ2) is 8.00. The molecule has 0 aromatic rings. The third kappa shape index (κ3) is 6.30. The fourth-order valence-corrected chi connectivity index (χ4v) is 1.73. The van der Waals surface area contributed by atoms with Gasteiger partial charge in [-0.1, -0.05) is 0 Å². The fraction of sp³-hybridized carbons (Fsp3) is 0.500. The number of nitrogens with two attached hydrogens (primary N) is 3. The van der Waals surface area contributed by atoms with Gasteiger partial charge in [-0.15, -0.1) is 0 Å². The summed E-state index contributed by atoms with van der Waals surface area (Å²) in [4.78, 5) is 32.9. The number of amides is 3. The molecule has 10 heteroatoms. The van der Waals surface area contributed by atoms with Gasteiger partial charge < -0.3 is 0 Å². The Hall–Kier alpha value is -1.22. The zero-order chi connectivity index (χ0) is 12.6. The molecule has 9 nitrogen and oxygen atoms in total. The van der Waals surface area contributed by atoms with Crippen LogP contribution in [0.5, 0.6) is 0 Å². The Morgan fingerprint density at radius 3 is 1.19 bits per heavy atom. The molecular formula is C6H15N6NiO3. The quantitative estimate of drug-likeness (QED) is 0.268. The van der Waals surface area contributed by atoms with E-state index in [0.29, 0.717) is 0 Å². The normalized spacial score (nSPS) is 10.3. The van der Waals surface area contributed by atoms with Crippen LogP contribution in [-0.4, -0.2) is 37.4 Å². The molecule has 9 N–H and O–H groups in total. The molecule has 97 valence electrons.